The third kappa shape index (κ3) is 1.27. The summed E-state index contributed by atoms with van der Waals surface area (Å²) in [7, 11) is 0. The van der Waals surface area contributed by atoms with E-state index < -0.39 is 0 Å². The predicted octanol–water partition coefficient (Wildman–Crippen LogP) is 1.99. The van der Waals surface area contributed by atoms with Crippen LogP contribution in [0.15, 0.2) is 27.9 Å². The summed E-state index contributed by atoms with van der Waals surface area (Å²) >= 11 is 3.17. The molecule has 4 heteroatoms. The lowest BCUT2D eigenvalue weighted by molar-refractivity contribution is 1.25. The number of rotatable bonds is 0. The Morgan fingerprint density at radius 2 is 2.23 bits per heavy atom. The molecule has 0 atom stereocenters. The van der Waals surface area contributed by atoms with Crippen LogP contribution in [0.5, 0.6) is 0 Å². The molecule has 0 amide bonds. The molecule has 0 aliphatic heterocycles. The molecule has 0 aliphatic rings. The van der Waals surface area contributed by atoms with E-state index in [4.69, 9.17) is 0 Å². The molecule has 1 N–H and O–H groups in total. The predicted molar refractivity (Wildman–Crippen MR) is 54.8 cm³/mol. The summed E-state index contributed by atoms with van der Waals surface area (Å²) in [5.41, 5.74) is 1.80. The van der Waals surface area contributed by atoms with Gasteiger partial charge < -0.3 is 4.98 Å². The summed E-state index contributed by atoms with van der Waals surface area (Å²) in [6, 6.07) is 0. The van der Waals surface area contributed by atoms with Gasteiger partial charge in [0, 0.05) is 18.6 Å². The van der Waals surface area contributed by atoms with Crippen molar-refractivity contribution >= 4 is 26.8 Å². The Balaban J connectivity index is 3.03. The van der Waals surface area contributed by atoms with Gasteiger partial charge in [0.15, 0.2) is 0 Å². The Morgan fingerprint density at radius 3 is 3.00 bits per heavy atom. The van der Waals surface area contributed by atoms with Crippen LogP contribution in [0.4, 0.5) is 0 Å². The molecular formula is C9H7BrN2O. The van der Waals surface area contributed by atoms with Gasteiger partial charge in [-0.25, -0.2) is 0 Å². The molecule has 66 valence electrons. The van der Waals surface area contributed by atoms with Crippen LogP contribution >= 0.6 is 15.9 Å². The van der Waals surface area contributed by atoms with Crippen LogP contribution in [0.1, 0.15) is 5.56 Å². The minimum atomic E-state index is -0.0232. The Labute approximate surface area is 82.9 Å². The topological polar surface area (TPSA) is 45.8 Å². The second-order valence-corrected chi connectivity index (χ2v) is 3.70. The molecule has 0 radical (unpaired) electrons. The van der Waals surface area contributed by atoms with E-state index in [0.717, 1.165) is 11.1 Å². The number of aromatic nitrogens is 2. The van der Waals surface area contributed by atoms with Gasteiger partial charge in [0.2, 0.25) is 5.43 Å². The standard InChI is InChI=1S/C9H7BrN2O/c1-5-2-11-3-6-8(5)12-4-7(10)9(6)13/h2-4H,1H3,(H,12,13). The molecule has 0 aliphatic carbocycles. The number of hydrogen-bond donors (Lipinski definition) is 1. The molecule has 2 rings (SSSR count). The molecule has 2 heterocycles. The minimum absolute atomic E-state index is 0.0232. The number of aromatic amines is 1. The lowest BCUT2D eigenvalue weighted by Gasteiger charge is -2.00. The van der Waals surface area contributed by atoms with Gasteiger partial charge >= 0.3 is 0 Å². The van der Waals surface area contributed by atoms with Crippen molar-refractivity contribution in [2.24, 2.45) is 0 Å². The highest BCUT2D eigenvalue weighted by molar-refractivity contribution is 9.10. The summed E-state index contributed by atoms with van der Waals surface area (Å²) in [5.74, 6) is 0. The van der Waals surface area contributed by atoms with Gasteiger partial charge in [0.1, 0.15) is 0 Å². The molecular weight excluding hydrogens is 232 g/mol. The van der Waals surface area contributed by atoms with Crippen LogP contribution in [-0.4, -0.2) is 9.97 Å². The number of aryl methyl sites for hydroxylation is 1. The monoisotopic (exact) mass is 238 g/mol. The maximum atomic E-state index is 11.6. The molecule has 0 fully saturated rings. The van der Waals surface area contributed by atoms with E-state index in [1.54, 1.807) is 18.6 Å². The Kier molecular flexibility index (Phi) is 1.92. The average molecular weight is 239 g/mol. The van der Waals surface area contributed by atoms with Crippen molar-refractivity contribution in [3.8, 4) is 0 Å². The maximum Gasteiger partial charge on any atom is 0.205 e. The molecule has 0 aromatic carbocycles. The number of nitrogens with zero attached hydrogens (tertiary/aromatic N) is 1. The normalized spacial score (nSPS) is 10.6. The number of nitrogens with one attached hydrogen (secondary N) is 1. The quantitative estimate of drug-likeness (QED) is 0.764. The molecule has 0 saturated heterocycles. The van der Waals surface area contributed by atoms with Gasteiger partial charge in [-0.2, -0.15) is 0 Å². The second-order valence-electron chi connectivity index (χ2n) is 2.84. The Hall–Kier alpha value is -1.16. The number of H-pyrrole nitrogens is 1. The molecule has 0 saturated carbocycles. The molecule has 2 aromatic heterocycles. The van der Waals surface area contributed by atoms with Gasteiger partial charge in [-0.3, -0.25) is 9.78 Å². The van der Waals surface area contributed by atoms with Crippen LogP contribution in [0.3, 0.4) is 0 Å². The average Bonchev–Trinajstić information content (AvgIpc) is 2.12. The first-order valence-electron chi connectivity index (χ1n) is 3.81. The van der Waals surface area contributed by atoms with Crippen LogP contribution < -0.4 is 5.43 Å². The van der Waals surface area contributed by atoms with Crippen molar-refractivity contribution in [1.82, 2.24) is 9.97 Å². The number of fused-ring (bicyclic) bond motifs is 1. The van der Waals surface area contributed by atoms with Crippen molar-refractivity contribution in [2.45, 2.75) is 6.92 Å². The van der Waals surface area contributed by atoms with E-state index in [2.05, 4.69) is 25.9 Å². The minimum Gasteiger partial charge on any atom is -0.360 e. The fraction of sp³-hybridized carbons (Fsp3) is 0.111. The van der Waals surface area contributed by atoms with Crippen molar-refractivity contribution < 1.29 is 0 Å². The van der Waals surface area contributed by atoms with E-state index in [-0.39, 0.29) is 5.43 Å². The fourth-order valence-corrected chi connectivity index (χ4v) is 1.59. The van der Waals surface area contributed by atoms with Crippen molar-refractivity contribution in [2.75, 3.05) is 0 Å². The van der Waals surface area contributed by atoms with E-state index in [0.29, 0.717) is 9.86 Å². The summed E-state index contributed by atoms with van der Waals surface area (Å²) in [5, 5.41) is 0.620. The van der Waals surface area contributed by atoms with E-state index >= 15 is 0 Å². The Bertz CT molecular complexity index is 518. The first-order chi connectivity index (χ1) is 6.20. The fourth-order valence-electron chi connectivity index (χ4n) is 1.26. The summed E-state index contributed by atoms with van der Waals surface area (Å²) in [6.45, 7) is 1.92. The van der Waals surface area contributed by atoms with E-state index in [9.17, 15) is 4.79 Å². The maximum absolute atomic E-state index is 11.6. The van der Waals surface area contributed by atoms with Crippen LogP contribution in [0.25, 0.3) is 10.9 Å². The number of hydrogen-bond acceptors (Lipinski definition) is 2. The van der Waals surface area contributed by atoms with E-state index in [1.165, 1.54) is 0 Å². The summed E-state index contributed by atoms with van der Waals surface area (Å²) in [6.07, 6.45) is 4.95. The van der Waals surface area contributed by atoms with Gasteiger partial charge in [-0.15, -0.1) is 0 Å². The van der Waals surface area contributed by atoms with Crippen molar-refractivity contribution in [3.05, 3.63) is 38.9 Å². The lowest BCUT2D eigenvalue weighted by atomic mass is 10.2. The highest BCUT2D eigenvalue weighted by Crippen LogP contribution is 2.12. The largest absolute Gasteiger partial charge is 0.360 e. The lowest BCUT2D eigenvalue weighted by Crippen LogP contribution is -2.04. The molecule has 0 bridgehead atoms. The highest BCUT2D eigenvalue weighted by Gasteiger charge is 2.03. The first kappa shape index (κ1) is 8.44. The molecule has 13 heavy (non-hydrogen) atoms. The zero-order valence-electron chi connectivity index (χ0n) is 6.97. The SMILES string of the molecule is Cc1cncc2c(=O)c(Br)c[nH]c12. The summed E-state index contributed by atoms with van der Waals surface area (Å²) in [4.78, 5) is 18.6. The third-order valence-electron chi connectivity index (χ3n) is 1.94. The van der Waals surface area contributed by atoms with Gasteiger partial charge in [-0.1, -0.05) is 0 Å². The smallest absolute Gasteiger partial charge is 0.205 e. The van der Waals surface area contributed by atoms with Gasteiger partial charge in [0.25, 0.3) is 0 Å². The Morgan fingerprint density at radius 1 is 1.46 bits per heavy atom. The number of halogens is 1. The van der Waals surface area contributed by atoms with Gasteiger partial charge in [-0.05, 0) is 28.4 Å². The van der Waals surface area contributed by atoms with Crippen LogP contribution in [0, 0.1) is 6.92 Å². The molecule has 0 spiro atoms. The van der Waals surface area contributed by atoms with Crippen LogP contribution in [0.2, 0.25) is 0 Å². The molecule has 2 aromatic rings. The highest BCUT2D eigenvalue weighted by atomic mass is 79.9. The van der Waals surface area contributed by atoms with Gasteiger partial charge in [0.05, 0.1) is 15.4 Å². The third-order valence-corrected chi connectivity index (χ3v) is 2.53. The summed E-state index contributed by atoms with van der Waals surface area (Å²) < 4.78 is 0.535. The molecule has 0 unspecified atom stereocenters. The van der Waals surface area contributed by atoms with Crippen molar-refractivity contribution in [1.29, 1.82) is 0 Å². The van der Waals surface area contributed by atoms with Crippen LogP contribution in [-0.2, 0) is 0 Å². The first-order valence-corrected chi connectivity index (χ1v) is 4.61. The van der Waals surface area contributed by atoms with E-state index in [1.807, 2.05) is 6.92 Å². The zero-order chi connectivity index (χ0) is 9.42. The molecule has 3 nitrogen and oxygen atoms in total. The number of pyridine rings is 2. The van der Waals surface area contributed by atoms with Crippen molar-refractivity contribution in [3.63, 3.8) is 0 Å². The second kappa shape index (κ2) is 2.96. The zero-order valence-corrected chi connectivity index (χ0v) is 8.55.